The van der Waals surface area contributed by atoms with Crippen LogP contribution in [-0.4, -0.2) is 0 Å². The predicted octanol–water partition coefficient (Wildman–Crippen LogP) is 3.12. The van der Waals surface area contributed by atoms with E-state index in [0.717, 1.165) is 15.8 Å². The maximum Gasteiger partial charge on any atom is 0.0145 e. The van der Waals surface area contributed by atoms with Crippen LogP contribution in [0.25, 0.3) is 0 Å². The molecule has 0 spiro atoms. The van der Waals surface area contributed by atoms with Gasteiger partial charge < -0.3 is 0 Å². The zero-order chi connectivity index (χ0) is 6.85. The van der Waals surface area contributed by atoms with Gasteiger partial charge in [0.25, 0.3) is 0 Å². The molecule has 0 bridgehead atoms. The molecular weight excluding hydrogens is 196 g/mol. The van der Waals surface area contributed by atoms with Gasteiger partial charge in [0.2, 0.25) is 0 Å². The van der Waals surface area contributed by atoms with E-state index in [9.17, 15) is 0 Å². The summed E-state index contributed by atoms with van der Waals surface area (Å²) in [7, 11) is 0. The lowest BCUT2D eigenvalue weighted by Gasteiger charge is -2.11. The maximum absolute atomic E-state index is 4.27. The molecular formula is C7H9BrS. The van der Waals surface area contributed by atoms with E-state index >= 15 is 0 Å². The van der Waals surface area contributed by atoms with E-state index in [2.05, 4.69) is 41.6 Å². The largest absolute Gasteiger partial charge is 0.148 e. The lowest BCUT2D eigenvalue weighted by molar-refractivity contribution is 0.729. The summed E-state index contributed by atoms with van der Waals surface area (Å²) in [5, 5.41) is 0. The average molecular weight is 205 g/mol. The molecule has 1 atom stereocenters. The van der Waals surface area contributed by atoms with E-state index in [1.165, 1.54) is 0 Å². The number of hydrogen-bond donors (Lipinski definition) is 1. The van der Waals surface area contributed by atoms with E-state index in [1.54, 1.807) is 0 Å². The minimum absolute atomic E-state index is 0.636. The van der Waals surface area contributed by atoms with Crippen molar-refractivity contribution in [1.29, 1.82) is 0 Å². The van der Waals surface area contributed by atoms with Crippen LogP contribution in [0.4, 0.5) is 0 Å². The highest BCUT2D eigenvalue weighted by molar-refractivity contribution is 9.11. The normalized spacial score (nSPS) is 27.2. The second-order valence-corrected chi connectivity index (χ2v) is 3.86. The number of hydrogen-bond acceptors (Lipinski definition) is 1. The van der Waals surface area contributed by atoms with E-state index < -0.39 is 0 Å². The first-order valence-corrected chi connectivity index (χ1v) is 4.19. The molecule has 1 aliphatic carbocycles. The highest BCUT2D eigenvalue weighted by atomic mass is 79.9. The van der Waals surface area contributed by atoms with Gasteiger partial charge in [-0.25, -0.2) is 0 Å². The molecule has 0 heterocycles. The molecule has 0 fully saturated rings. The van der Waals surface area contributed by atoms with Crippen molar-refractivity contribution in [2.75, 3.05) is 0 Å². The summed E-state index contributed by atoms with van der Waals surface area (Å²) in [6.07, 6.45) is 5.32. The molecule has 0 saturated heterocycles. The number of halogens is 1. The van der Waals surface area contributed by atoms with Crippen LogP contribution in [-0.2, 0) is 0 Å². The molecule has 9 heavy (non-hydrogen) atoms. The van der Waals surface area contributed by atoms with Crippen LogP contribution in [0.1, 0.15) is 13.3 Å². The molecule has 2 heteroatoms. The molecule has 0 N–H and O–H groups in total. The van der Waals surface area contributed by atoms with Crippen molar-refractivity contribution in [3.05, 3.63) is 21.5 Å². The minimum atomic E-state index is 0.636. The second kappa shape index (κ2) is 2.93. The average Bonchev–Trinajstić information content (AvgIpc) is 1.59. The Labute approximate surface area is 69.6 Å². The number of thiol groups is 1. The highest BCUT2D eigenvalue weighted by Crippen LogP contribution is 2.26. The Morgan fingerprint density at radius 2 is 2.44 bits per heavy atom. The number of allylic oxidation sites excluding steroid dienone is 4. The van der Waals surface area contributed by atoms with Crippen LogP contribution in [0.3, 0.4) is 0 Å². The second-order valence-electron chi connectivity index (χ2n) is 2.37. The van der Waals surface area contributed by atoms with Crippen molar-refractivity contribution >= 4 is 28.6 Å². The first kappa shape index (κ1) is 7.42. The molecule has 0 nitrogen and oxygen atoms in total. The predicted molar refractivity (Wildman–Crippen MR) is 47.9 cm³/mol. The van der Waals surface area contributed by atoms with Gasteiger partial charge in [-0.1, -0.05) is 28.9 Å². The Hall–Kier alpha value is 0.310. The van der Waals surface area contributed by atoms with Gasteiger partial charge in [-0.3, -0.25) is 0 Å². The van der Waals surface area contributed by atoms with Gasteiger partial charge in [-0.05, 0) is 23.3 Å². The Morgan fingerprint density at radius 1 is 1.78 bits per heavy atom. The third-order valence-electron chi connectivity index (χ3n) is 1.28. The van der Waals surface area contributed by atoms with E-state index in [-0.39, 0.29) is 0 Å². The summed E-state index contributed by atoms with van der Waals surface area (Å²) < 4.78 is 1.16. The van der Waals surface area contributed by atoms with Crippen LogP contribution < -0.4 is 0 Å². The molecule has 0 aliphatic heterocycles. The van der Waals surface area contributed by atoms with Gasteiger partial charge >= 0.3 is 0 Å². The van der Waals surface area contributed by atoms with Gasteiger partial charge in [0.05, 0.1) is 0 Å². The number of rotatable bonds is 0. The van der Waals surface area contributed by atoms with E-state index in [0.29, 0.717) is 5.92 Å². The van der Waals surface area contributed by atoms with E-state index in [4.69, 9.17) is 0 Å². The Bertz CT molecular complexity index is 170. The first-order valence-electron chi connectivity index (χ1n) is 2.95. The zero-order valence-corrected chi connectivity index (χ0v) is 7.74. The van der Waals surface area contributed by atoms with Crippen molar-refractivity contribution in [2.45, 2.75) is 13.3 Å². The molecule has 0 aromatic rings. The van der Waals surface area contributed by atoms with Crippen molar-refractivity contribution in [2.24, 2.45) is 5.92 Å². The summed E-state index contributed by atoms with van der Waals surface area (Å²) in [6.45, 7) is 2.18. The molecule has 0 aromatic carbocycles. The fourth-order valence-corrected chi connectivity index (χ4v) is 2.26. The van der Waals surface area contributed by atoms with Crippen molar-refractivity contribution in [1.82, 2.24) is 0 Å². The monoisotopic (exact) mass is 204 g/mol. The molecule has 1 aliphatic rings. The van der Waals surface area contributed by atoms with Gasteiger partial charge in [0, 0.05) is 4.48 Å². The van der Waals surface area contributed by atoms with Gasteiger partial charge in [-0.2, -0.15) is 0 Å². The molecule has 1 rings (SSSR count). The Balaban J connectivity index is 2.74. The lowest BCUT2D eigenvalue weighted by Crippen LogP contribution is -1.94. The zero-order valence-electron chi connectivity index (χ0n) is 5.26. The standard InChI is InChI=1S/C7H9BrS/c1-5-2-6(8)4-7(9)3-5/h2,4-5,9H,3H2,1H3. The summed E-state index contributed by atoms with van der Waals surface area (Å²) >= 11 is 7.68. The SMILES string of the molecule is CC1C=C(Br)C=C(S)C1. The summed E-state index contributed by atoms with van der Waals surface area (Å²) in [5.74, 6) is 0.636. The molecule has 0 amide bonds. The summed E-state index contributed by atoms with van der Waals surface area (Å²) in [4.78, 5) is 1.16. The van der Waals surface area contributed by atoms with Crippen molar-refractivity contribution in [3.63, 3.8) is 0 Å². The first-order chi connectivity index (χ1) is 4.18. The van der Waals surface area contributed by atoms with E-state index in [1.807, 2.05) is 6.08 Å². The Kier molecular flexibility index (Phi) is 2.42. The maximum atomic E-state index is 4.27. The Morgan fingerprint density at radius 3 is 2.89 bits per heavy atom. The quantitative estimate of drug-likeness (QED) is 0.577. The lowest BCUT2D eigenvalue weighted by atomic mass is 10.0. The summed E-state index contributed by atoms with van der Waals surface area (Å²) in [5.41, 5.74) is 0. The molecule has 1 unspecified atom stereocenters. The fraction of sp³-hybridized carbons (Fsp3) is 0.429. The molecule has 50 valence electrons. The van der Waals surface area contributed by atoms with Crippen LogP contribution >= 0.6 is 28.6 Å². The molecule has 0 aromatic heterocycles. The van der Waals surface area contributed by atoms with Gasteiger partial charge in [0.1, 0.15) is 0 Å². The molecule has 0 radical (unpaired) electrons. The summed E-state index contributed by atoms with van der Waals surface area (Å²) in [6, 6.07) is 0. The highest BCUT2D eigenvalue weighted by Gasteiger charge is 2.05. The smallest absolute Gasteiger partial charge is 0.0145 e. The third kappa shape index (κ3) is 2.18. The fourth-order valence-electron chi connectivity index (χ4n) is 0.927. The van der Waals surface area contributed by atoms with Crippen LogP contribution in [0.2, 0.25) is 0 Å². The van der Waals surface area contributed by atoms with Gasteiger partial charge in [-0.15, -0.1) is 12.6 Å². The van der Waals surface area contributed by atoms with Crippen LogP contribution in [0, 0.1) is 5.92 Å². The molecule has 0 saturated carbocycles. The topological polar surface area (TPSA) is 0 Å². The van der Waals surface area contributed by atoms with Crippen LogP contribution in [0.15, 0.2) is 21.5 Å². The van der Waals surface area contributed by atoms with Crippen molar-refractivity contribution in [3.8, 4) is 0 Å². The van der Waals surface area contributed by atoms with Crippen LogP contribution in [0.5, 0.6) is 0 Å². The van der Waals surface area contributed by atoms with Gasteiger partial charge in [0.15, 0.2) is 0 Å². The minimum Gasteiger partial charge on any atom is -0.148 e. The van der Waals surface area contributed by atoms with Crippen molar-refractivity contribution < 1.29 is 0 Å². The third-order valence-corrected chi connectivity index (χ3v) is 2.08.